The van der Waals surface area contributed by atoms with Gasteiger partial charge in [0.25, 0.3) is 0 Å². The van der Waals surface area contributed by atoms with E-state index in [1.54, 1.807) is 0 Å². The van der Waals surface area contributed by atoms with Gasteiger partial charge in [0.15, 0.2) is 0 Å². The van der Waals surface area contributed by atoms with Crippen molar-refractivity contribution in [2.24, 2.45) is 0 Å². The molecule has 0 fully saturated rings. The van der Waals surface area contributed by atoms with Gasteiger partial charge in [-0.05, 0) is 57.9 Å². The van der Waals surface area contributed by atoms with E-state index >= 15 is 0 Å². The SMILES string of the molecule is Cc1cc(C)cc(-c2c(C)c(C)cc3[cH-]c(-c4ccc(C)o4)cc23)c1.[Zr]. The second-order valence-corrected chi connectivity index (χ2v) is 7.23. The van der Waals surface area contributed by atoms with E-state index in [2.05, 4.69) is 70.2 Å². The molecule has 0 spiro atoms. The van der Waals surface area contributed by atoms with Gasteiger partial charge in [0.1, 0.15) is 0 Å². The number of aryl methyl sites for hydroxylation is 4. The standard InChI is InChI=1S/C24H23O.Zr/c1-14-8-15(2)10-21(9-14)24-18(5)16(3)11-19-12-20(13-22(19)24)23-7-6-17(4)25-23;/h6-13H,1-5H3;/q-1;. The third-order valence-electron chi connectivity index (χ3n) is 5.06. The van der Waals surface area contributed by atoms with E-state index in [-0.39, 0.29) is 26.2 Å². The summed E-state index contributed by atoms with van der Waals surface area (Å²) in [7, 11) is 0. The molecule has 3 aromatic carbocycles. The maximum Gasteiger partial charge on any atom is 0.0896 e. The average Bonchev–Trinajstić information content (AvgIpc) is 3.13. The average molecular weight is 419 g/mol. The molecule has 130 valence electrons. The van der Waals surface area contributed by atoms with Crippen LogP contribution >= 0.6 is 0 Å². The topological polar surface area (TPSA) is 13.1 Å². The van der Waals surface area contributed by atoms with Gasteiger partial charge in [-0.1, -0.05) is 46.0 Å². The smallest absolute Gasteiger partial charge is 0.0896 e. The summed E-state index contributed by atoms with van der Waals surface area (Å²) in [5, 5.41) is 2.58. The van der Waals surface area contributed by atoms with Crippen LogP contribution in [0.25, 0.3) is 33.2 Å². The fourth-order valence-corrected chi connectivity index (χ4v) is 3.83. The molecule has 0 saturated heterocycles. The first-order valence-corrected chi connectivity index (χ1v) is 8.78. The minimum absolute atomic E-state index is 0. The molecular weight excluding hydrogens is 395 g/mol. The third-order valence-corrected chi connectivity index (χ3v) is 5.06. The van der Waals surface area contributed by atoms with Crippen LogP contribution in [0.5, 0.6) is 0 Å². The maximum atomic E-state index is 5.84. The van der Waals surface area contributed by atoms with Crippen LogP contribution in [0.15, 0.2) is 52.9 Å². The summed E-state index contributed by atoms with van der Waals surface area (Å²) >= 11 is 0. The molecule has 0 aliphatic carbocycles. The zero-order valence-electron chi connectivity index (χ0n) is 16.0. The summed E-state index contributed by atoms with van der Waals surface area (Å²) in [6.07, 6.45) is 0. The summed E-state index contributed by atoms with van der Waals surface area (Å²) in [4.78, 5) is 0. The van der Waals surface area contributed by atoms with Gasteiger partial charge in [-0.2, -0.15) is 0 Å². The summed E-state index contributed by atoms with van der Waals surface area (Å²) in [6, 6.07) is 17.7. The van der Waals surface area contributed by atoms with E-state index in [0.29, 0.717) is 0 Å². The number of hydrogen-bond acceptors (Lipinski definition) is 1. The zero-order valence-corrected chi connectivity index (χ0v) is 18.5. The number of benzene rings is 2. The Kier molecular flexibility index (Phi) is 5.17. The Labute approximate surface area is 174 Å². The van der Waals surface area contributed by atoms with Gasteiger partial charge in [0, 0.05) is 26.2 Å². The molecule has 1 nitrogen and oxygen atoms in total. The number of rotatable bonds is 2. The van der Waals surface area contributed by atoms with Crippen LogP contribution in [0.1, 0.15) is 28.0 Å². The van der Waals surface area contributed by atoms with E-state index in [1.165, 1.54) is 44.2 Å². The summed E-state index contributed by atoms with van der Waals surface area (Å²) in [5.41, 5.74) is 9.08. The molecule has 4 rings (SSSR count). The largest absolute Gasteiger partial charge is 0.496 e. The molecule has 1 heterocycles. The Morgan fingerprint density at radius 1 is 0.808 bits per heavy atom. The van der Waals surface area contributed by atoms with E-state index in [1.807, 2.05) is 13.0 Å². The van der Waals surface area contributed by atoms with Crippen LogP contribution in [0.3, 0.4) is 0 Å². The molecule has 0 aliphatic heterocycles. The van der Waals surface area contributed by atoms with Crippen molar-refractivity contribution in [2.45, 2.75) is 34.6 Å². The van der Waals surface area contributed by atoms with E-state index in [0.717, 1.165) is 17.1 Å². The normalized spacial score (nSPS) is 11.0. The fourth-order valence-electron chi connectivity index (χ4n) is 3.83. The Balaban J connectivity index is 0.00000196. The molecule has 0 bridgehead atoms. The minimum atomic E-state index is 0. The van der Waals surface area contributed by atoms with Crippen molar-refractivity contribution in [2.75, 3.05) is 0 Å². The van der Waals surface area contributed by atoms with E-state index in [4.69, 9.17) is 4.42 Å². The number of furan rings is 1. The van der Waals surface area contributed by atoms with Crippen LogP contribution in [0, 0.1) is 34.6 Å². The van der Waals surface area contributed by atoms with Crippen molar-refractivity contribution in [3.8, 4) is 22.5 Å². The predicted octanol–water partition coefficient (Wildman–Crippen LogP) is 7.03. The van der Waals surface area contributed by atoms with Gasteiger partial charge in [-0.3, -0.25) is 0 Å². The fraction of sp³-hybridized carbons (Fsp3) is 0.208. The molecule has 2 heteroatoms. The Bertz CT molecular complexity index is 1070. The molecule has 26 heavy (non-hydrogen) atoms. The van der Waals surface area contributed by atoms with Crippen molar-refractivity contribution in [1.82, 2.24) is 0 Å². The Morgan fingerprint density at radius 2 is 1.50 bits per heavy atom. The van der Waals surface area contributed by atoms with Gasteiger partial charge in [0.05, 0.1) is 11.5 Å². The predicted molar refractivity (Wildman–Crippen MR) is 106 cm³/mol. The van der Waals surface area contributed by atoms with Crippen molar-refractivity contribution in [3.63, 3.8) is 0 Å². The van der Waals surface area contributed by atoms with Crippen molar-refractivity contribution < 1.29 is 30.6 Å². The third kappa shape index (κ3) is 3.28. The van der Waals surface area contributed by atoms with Crippen LogP contribution < -0.4 is 0 Å². The molecule has 4 aromatic rings. The van der Waals surface area contributed by atoms with Crippen molar-refractivity contribution >= 4 is 10.8 Å². The maximum absolute atomic E-state index is 5.84. The molecule has 0 atom stereocenters. The van der Waals surface area contributed by atoms with Gasteiger partial charge >= 0.3 is 0 Å². The summed E-state index contributed by atoms with van der Waals surface area (Å²) in [5.74, 6) is 1.89. The first kappa shape index (κ1) is 19.0. The molecule has 0 saturated carbocycles. The molecule has 0 N–H and O–H groups in total. The molecule has 0 amide bonds. The van der Waals surface area contributed by atoms with Crippen LogP contribution in [-0.2, 0) is 26.2 Å². The molecule has 0 unspecified atom stereocenters. The first-order chi connectivity index (χ1) is 11.9. The Morgan fingerprint density at radius 3 is 2.12 bits per heavy atom. The number of hydrogen-bond donors (Lipinski definition) is 0. The van der Waals surface area contributed by atoms with E-state index in [9.17, 15) is 0 Å². The van der Waals surface area contributed by atoms with Crippen molar-refractivity contribution in [3.05, 3.63) is 76.5 Å². The first-order valence-electron chi connectivity index (χ1n) is 8.78. The minimum Gasteiger partial charge on any atom is -0.496 e. The quantitative estimate of drug-likeness (QED) is 0.319. The zero-order chi connectivity index (χ0) is 17.7. The molecule has 0 aliphatic rings. The van der Waals surface area contributed by atoms with Crippen LogP contribution in [-0.4, -0.2) is 0 Å². The Hall–Kier alpha value is -1.79. The number of fused-ring (bicyclic) bond motifs is 1. The molecule has 0 radical (unpaired) electrons. The summed E-state index contributed by atoms with van der Waals surface area (Å²) in [6.45, 7) is 10.7. The summed E-state index contributed by atoms with van der Waals surface area (Å²) < 4.78 is 5.84. The molecular formula is C24H23OZr-. The second kappa shape index (κ2) is 7.08. The van der Waals surface area contributed by atoms with Gasteiger partial charge in [-0.15, -0.1) is 29.0 Å². The molecule has 1 aromatic heterocycles. The van der Waals surface area contributed by atoms with Crippen LogP contribution in [0.2, 0.25) is 0 Å². The van der Waals surface area contributed by atoms with Gasteiger partial charge in [-0.25, -0.2) is 0 Å². The van der Waals surface area contributed by atoms with Crippen LogP contribution in [0.4, 0.5) is 0 Å². The van der Waals surface area contributed by atoms with E-state index < -0.39 is 0 Å². The van der Waals surface area contributed by atoms with Crippen molar-refractivity contribution in [1.29, 1.82) is 0 Å². The monoisotopic (exact) mass is 417 g/mol. The van der Waals surface area contributed by atoms with Gasteiger partial charge < -0.3 is 4.42 Å². The second-order valence-electron chi connectivity index (χ2n) is 7.23. The van der Waals surface area contributed by atoms with Gasteiger partial charge in [0.2, 0.25) is 0 Å².